The molecule has 2 unspecified atom stereocenters. The molecule has 0 fully saturated rings. The molecule has 0 spiro atoms. The van der Waals surface area contributed by atoms with Crippen LogP contribution in [0.3, 0.4) is 0 Å². The highest BCUT2D eigenvalue weighted by atomic mass is 32.2. The van der Waals surface area contributed by atoms with Crippen molar-refractivity contribution in [2.75, 3.05) is 5.75 Å². The number of carbonyl (C=O) groups excluding carboxylic acids is 1. The Morgan fingerprint density at radius 3 is 2.42 bits per heavy atom. The molecule has 1 amide bonds. The molecule has 2 atom stereocenters. The van der Waals surface area contributed by atoms with Crippen LogP contribution in [0.25, 0.3) is 0 Å². The lowest BCUT2D eigenvalue weighted by Crippen LogP contribution is -2.47. The molecule has 0 aromatic heterocycles. The minimum absolute atomic E-state index is 0.0324. The Kier molecular flexibility index (Phi) is 8.52. The van der Waals surface area contributed by atoms with Gasteiger partial charge in [-0.2, -0.15) is 4.33 Å². The van der Waals surface area contributed by atoms with Crippen molar-refractivity contribution in [3.05, 3.63) is 0 Å². The van der Waals surface area contributed by atoms with Gasteiger partial charge in [0.25, 0.3) is 6.43 Å². The molecule has 0 saturated carbocycles. The van der Waals surface area contributed by atoms with E-state index in [2.05, 4.69) is 14.5 Å². The smallest absolute Gasteiger partial charge is 0.267 e. The number of rotatable bonds is 9. The second-order valence-corrected chi connectivity index (χ2v) is 5.81. The Morgan fingerprint density at radius 1 is 1.37 bits per heavy atom. The molecule has 0 bridgehead atoms. The van der Waals surface area contributed by atoms with Gasteiger partial charge < -0.3 is 5.32 Å². The zero-order chi connectivity index (χ0) is 15.1. The summed E-state index contributed by atoms with van der Waals surface area (Å²) in [6, 6.07) is 0. The van der Waals surface area contributed by atoms with E-state index in [0.717, 1.165) is 18.5 Å². The lowest BCUT2D eigenvalue weighted by molar-refractivity contribution is -0.254. The van der Waals surface area contributed by atoms with Crippen molar-refractivity contribution in [1.82, 2.24) is 5.32 Å². The van der Waals surface area contributed by atoms with Crippen molar-refractivity contribution in [3.8, 4) is 0 Å². The number of hydrogen-bond donors (Lipinski definition) is 1. The molecule has 0 radical (unpaired) electrons. The third kappa shape index (κ3) is 8.39. The van der Waals surface area contributed by atoms with Gasteiger partial charge in [-0.15, -0.1) is 0 Å². The lowest BCUT2D eigenvalue weighted by Gasteiger charge is -2.26. The lowest BCUT2D eigenvalue weighted by atomic mass is 10.0. The summed E-state index contributed by atoms with van der Waals surface area (Å²) >= 11 is 0.897. The zero-order valence-electron chi connectivity index (χ0n) is 12.0. The summed E-state index contributed by atoms with van der Waals surface area (Å²) in [4.78, 5) is 16.2. The molecule has 114 valence electrons. The van der Waals surface area contributed by atoms with Crippen LogP contribution in [-0.4, -0.2) is 29.7 Å². The molecule has 0 aromatic carbocycles. The van der Waals surface area contributed by atoms with Crippen LogP contribution in [0.4, 0.5) is 8.78 Å². The van der Waals surface area contributed by atoms with Gasteiger partial charge in [-0.1, -0.05) is 13.8 Å². The number of amides is 1. The van der Waals surface area contributed by atoms with Gasteiger partial charge in [0.1, 0.15) is 0 Å². The first-order valence-corrected chi connectivity index (χ1v) is 7.15. The fraction of sp³-hybridized carbons (Fsp3) is 0.917. The Labute approximate surface area is 117 Å². The van der Waals surface area contributed by atoms with E-state index in [4.69, 9.17) is 0 Å². The maximum atomic E-state index is 12.1. The van der Waals surface area contributed by atoms with E-state index in [0.29, 0.717) is 5.75 Å². The first-order valence-electron chi connectivity index (χ1n) is 6.24. The first-order chi connectivity index (χ1) is 8.69. The zero-order valence-corrected chi connectivity index (χ0v) is 12.9. The van der Waals surface area contributed by atoms with E-state index in [1.54, 1.807) is 0 Å². The van der Waals surface area contributed by atoms with E-state index in [1.165, 1.54) is 6.92 Å². The molecule has 0 aliphatic rings. The molecule has 1 N–H and O–H groups in total. The highest BCUT2D eigenvalue weighted by Crippen LogP contribution is 2.17. The highest BCUT2D eigenvalue weighted by Gasteiger charge is 2.24. The van der Waals surface area contributed by atoms with Crippen LogP contribution < -0.4 is 5.32 Å². The Bertz CT molecular complexity index is 278. The Balaban J connectivity index is 3.94. The van der Waals surface area contributed by atoms with Crippen LogP contribution in [0, 0.1) is 5.92 Å². The summed E-state index contributed by atoms with van der Waals surface area (Å²) in [7, 11) is 0. The highest BCUT2D eigenvalue weighted by molar-refractivity contribution is 7.94. The normalized spacial score (nSPS) is 15.4. The second kappa shape index (κ2) is 8.71. The standard InChI is InChI=1S/C12H23F2NO3S/c1-6-8(2)11(16)15-12(4,5)7-19-18-17-9(3)10(13)14/h8-10H,6-7H2,1-5H3,(H,15,16). The maximum absolute atomic E-state index is 12.1. The van der Waals surface area contributed by atoms with Gasteiger partial charge in [-0.25, -0.2) is 13.7 Å². The fourth-order valence-corrected chi connectivity index (χ4v) is 1.58. The Hall–Kier alpha value is -0.400. The third-order valence-electron chi connectivity index (χ3n) is 2.54. The number of hydrogen-bond acceptors (Lipinski definition) is 4. The summed E-state index contributed by atoms with van der Waals surface area (Å²) in [6.45, 7) is 8.68. The third-order valence-corrected chi connectivity index (χ3v) is 3.55. The van der Waals surface area contributed by atoms with Crippen molar-refractivity contribution in [2.45, 2.75) is 59.1 Å². The fourth-order valence-electron chi connectivity index (χ4n) is 0.981. The second-order valence-electron chi connectivity index (χ2n) is 5.15. The van der Waals surface area contributed by atoms with Crippen molar-refractivity contribution >= 4 is 17.9 Å². The van der Waals surface area contributed by atoms with Crippen molar-refractivity contribution in [1.29, 1.82) is 0 Å². The number of alkyl halides is 2. The SMILES string of the molecule is CCC(C)C(=O)NC(C)(C)CSOOC(C)C(F)F. The number of halogens is 2. The minimum Gasteiger partial charge on any atom is -0.350 e. The van der Waals surface area contributed by atoms with Crippen molar-refractivity contribution < 1.29 is 22.8 Å². The summed E-state index contributed by atoms with van der Waals surface area (Å²) in [5.74, 6) is 0.306. The van der Waals surface area contributed by atoms with Crippen LogP contribution in [-0.2, 0) is 14.0 Å². The minimum atomic E-state index is -2.58. The topological polar surface area (TPSA) is 47.6 Å². The predicted octanol–water partition coefficient (Wildman–Crippen LogP) is 3.18. The largest absolute Gasteiger partial charge is 0.350 e. The molecule has 0 aromatic rings. The van der Waals surface area contributed by atoms with Gasteiger partial charge in [0.2, 0.25) is 5.91 Å². The van der Waals surface area contributed by atoms with Crippen LogP contribution in [0.1, 0.15) is 41.0 Å². The molecular weight excluding hydrogens is 276 g/mol. The van der Waals surface area contributed by atoms with E-state index in [9.17, 15) is 13.6 Å². The molecule has 4 nitrogen and oxygen atoms in total. The monoisotopic (exact) mass is 299 g/mol. The molecule has 0 heterocycles. The van der Waals surface area contributed by atoms with Gasteiger partial charge >= 0.3 is 0 Å². The van der Waals surface area contributed by atoms with Crippen molar-refractivity contribution in [3.63, 3.8) is 0 Å². The maximum Gasteiger partial charge on any atom is 0.267 e. The van der Waals surface area contributed by atoms with Crippen LogP contribution in [0.2, 0.25) is 0 Å². The first kappa shape index (κ1) is 18.6. The Morgan fingerprint density at radius 2 is 1.95 bits per heavy atom. The molecule has 0 rings (SSSR count). The van der Waals surface area contributed by atoms with Gasteiger partial charge in [-0.3, -0.25) is 4.79 Å². The van der Waals surface area contributed by atoms with Crippen molar-refractivity contribution in [2.24, 2.45) is 5.92 Å². The molecule has 0 saturated heterocycles. The predicted molar refractivity (Wildman–Crippen MR) is 71.8 cm³/mol. The molecule has 0 aliphatic heterocycles. The van der Waals surface area contributed by atoms with Gasteiger partial charge in [0, 0.05) is 29.3 Å². The van der Waals surface area contributed by atoms with E-state index in [1.807, 2.05) is 27.7 Å². The summed E-state index contributed by atoms with van der Waals surface area (Å²) < 4.78 is 28.9. The summed E-state index contributed by atoms with van der Waals surface area (Å²) in [6.07, 6.45) is -3.09. The molecule has 7 heteroatoms. The van der Waals surface area contributed by atoms with Gasteiger partial charge in [-0.05, 0) is 27.2 Å². The molecule has 19 heavy (non-hydrogen) atoms. The number of nitrogens with one attached hydrogen (secondary N) is 1. The van der Waals surface area contributed by atoms with Gasteiger partial charge in [0.15, 0.2) is 6.10 Å². The molecule has 0 aliphatic carbocycles. The molecular formula is C12H23F2NO3S. The quantitative estimate of drug-likeness (QED) is 0.307. The average molecular weight is 299 g/mol. The van der Waals surface area contributed by atoms with Crippen LogP contribution in [0.15, 0.2) is 0 Å². The van der Waals surface area contributed by atoms with Crippen LogP contribution in [0.5, 0.6) is 0 Å². The summed E-state index contributed by atoms with van der Waals surface area (Å²) in [5.41, 5.74) is -0.497. The van der Waals surface area contributed by atoms with Crippen LogP contribution >= 0.6 is 12.0 Å². The van der Waals surface area contributed by atoms with E-state index < -0.39 is 18.1 Å². The number of carbonyl (C=O) groups is 1. The summed E-state index contributed by atoms with van der Waals surface area (Å²) in [5, 5.41) is 2.87. The average Bonchev–Trinajstić information content (AvgIpc) is 2.32. The van der Waals surface area contributed by atoms with E-state index in [-0.39, 0.29) is 11.8 Å². The van der Waals surface area contributed by atoms with E-state index >= 15 is 0 Å². The van der Waals surface area contributed by atoms with Gasteiger partial charge in [0.05, 0.1) is 0 Å².